The number of carboxylic acids is 2. The maximum Gasteiger partial charge on any atom is 0.305 e. The zero-order chi connectivity index (χ0) is 20.5. The van der Waals surface area contributed by atoms with Crippen molar-refractivity contribution >= 4 is 17.6 Å². The molecule has 0 saturated carbocycles. The zero-order valence-corrected chi connectivity index (χ0v) is 16.0. The third-order valence-electron chi connectivity index (χ3n) is 4.31. The highest BCUT2D eigenvalue weighted by Gasteiger charge is 2.10. The normalized spacial score (nSPS) is 10.4. The average molecular weight is 387 g/mol. The summed E-state index contributed by atoms with van der Waals surface area (Å²) in [5.74, 6) is -0.337. The number of carboxylic acid groups (broad SMARTS) is 2. The molecule has 2 rings (SSSR count). The van der Waals surface area contributed by atoms with Crippen molar-refractivity contribution in [1.82, 2.24) is 0 Å². The van der Waals surface area contributed by atoms with E-state index in [1.54, 1.807) is 14.2 Å². The van der Waals surface area contributed by atoms with Crippen LogP contribution in [0, 0.1) is 0 Å². The molecule has 7 heteroatoms. The van der Waals surface area contributed by atoms with Gasteiger partial charge in [0.15, 0.2) is 0 Å². The average Bonchev–Trinajstić information content (AvgIpc) is 2.67. The maximum absolute atomic E-state index is 10.7. The van der Waals surface area contributed by atoms with Crippen molar-refractivity contribution < 1.29 is 29.3 Å². The summed E-state index contributed by atoms with van der Waals surface area (Å²) >= 11 is 0. The van der Waals surface area contributed by atoms with Gasteiger partial charge in [0.1, 0.15) is 11.5 Å². The molecular weight excluding hydrogens is 362 g/mol. The first-order valence-electron chi connectivity index (χ1n) is 8.97. The van der Waals surface area contributed by atoms with Gasteiger partial charge in [0.05, 0.1) is 26.3 Å². The smallest absolute Gasteiger partial charge is 0.305 e. The molecule has 2 aromatic rings. The third-order valence-corrected chi connectivity index (χ3v) is 4.31. The molecule has 0 amide bonds. The Morgan fingerprint density at radius 3 is 2.11 bits per heavy atom. The molecule has 28 heavy (non-hydrogen) atoms. The molecule has 0 bridgehead atoms. The Labute approximate surface area is 163 Å². The number of rotatable bonds is 11. The summed E-state index contributed by atoms with van der Waals surface area (Å²) in [7, 11) is 3.16. The minimum Gasteiger partial charge on any atom is -0.496 e. The number of anilines is 1. The van der Waals surface area contributed by atoms with E-state index in [1.807, 2.05) is 36.4 Å². The van der Waals surface area contributed by atoms with Crippen molar-refractivity contribution in [2.45, 2.75) is 25.7 Å². The van der Waals surface area contributed by atoms with Crippen LogP contribution < -0.4 is 14.8 Å². The lowest BCUT2D eigenvalue weighted by molar-refractivity contribution is -0.137. The largest absolute Gasteiger partial charge is 0.496 e. The monoisotopic (exact) mass is 387 g/mol. The van der Waals surface area contributed by atoms with E-state index >= 15 is 0 Å². The highest BCUT2D eigenvalue weighted by Crippen LogP contribution is 2.33. The van der Waals surface area contributed by atoms with Crippen molar-refractivity contribution in [2.24, 2.45) is 0 Å². The molecule has 0 saturated heterocycles. The van der Waals surface area contributed by atoms with Gasteiger partial charge in [-0.25, -0.2) is 0 Å². The van der Waals surface area contributed by atoms with E-state index in [0.29, 0.717) is 30.9 Å². The summed E-state index contributed by atoms with van der Waals surface area (Å²) in [5, 5.41) is 20.6. The molecular formula is C21H25NO6. The predicted molar refractivity (Wildman–Crippen MR) is 106 cm³/mol. The van der Waals surface area contributed by atoms with Gasteiger partial charge in [-0.05, 0) is 47.7 Å². The molecule has 0 atom stereocenters. The van der Waals surface area contributed by atoms with E-state index in [9.17, 15) is 9.59 Å². The number of ether oxygens (including phenoxy) is 2. The molecule has 0 spiro atoms. The Morgan fingerprint density at radius 2 is 1.50 bits per heavy atom. The van der Waals surface area contributed by atoms with E-state index in [0.717, 1.165) is 22.4 Å². The van der Waals surface area contributed by atoms with Crippen LogP contribution >= 0.6 is 0 Å². The number of aryl methyl sites for hydroxylation is 1. The number of benzene rings is 2. The number of aliphatic carboxylic acids is 2. The van der Waals surface area contributed by atoms with Crippen LogP contribution in [0.15, 0.2) is 36.4 Å². The fourth-order valence-corrected chi connectivity index (χ4v) is 2.88. The van der Waals surface area contributed by atoms with Gasteiger partial charge in [-0.3, -0.25) is 9.59 Å². The van der Waals surface area contributed by atoms with Crippen LogP contribution in [0.3, 0.4) is 0 Å². The minimum atomic E-state index is -0.862. The van der Waals surface area contributed by atoms with E-state index in [4.69, 9.17) is 19.7 Å². The summed E-state index contributed by atoms with van der Waals surface area (Å²) in [4.78, 5) is 21.4. The van der Waals surface area contributed by atoms with Gasteiger partial charge in [0.25, 0.3) is 0 Å². The van der Waals surface area contributed by atoms with Crippen molar-refractivity contribution in [3.05, 3.63) is 42.0 Å². The van der Waals surface area contributed by atoms with Crippen LogP contribution in [0.5, 0.6) is 11.5 Å². The lowest BCUT2D eigenvalue weighted by Gasteiger charge is -2.14. The number of hydrogen-bond acceptors (Lipinski definition) is 5. The van der Waals surface area contributed by atoms with Gasteiger partial charge in [-0.1, -0.05) is 18.2 Å². The number of carbonyl (C=O) groups is 2. The highest BCUT2D eigenvalue weighted by molar-refractivity contribution is 5.73. The van der Waals surface area contributed by atoms with Crippen molar-refractivity contribution in [3.8, 4) is 22.6 Å². The van der Waals surface area contributed by atoms with Gasteiger partial charge in [0, 0.05) is 13.0 Å². The zero-order valence-electron chi connectivity index (χ0n) is 16.0. The molecule has 0 unspecified atom stereocenters. The second-order valence-electron chi connectivity index (χ2n) is 6.26. The Balaban J connectivity index is 2.19. The van der Waals surface area contributed by atoms with Crippen LogP contribution in [-0.2, 0) is 16.0 Å². The lowest BCUT2D eigenvalue weighted by Crippen LogP contribution is -2.08. The molecule has 0 aliphatic heterocycles. The quantitative estimate of drug-likeness (QED) is 0.540. The third kappa shape index (κ3) is 5.90. The first-order valence-corrected chi connectivity index (χ1v) is 8.97. The number of methoxy groups -OCH3 is 2. The lowest BCUT2D eigenvalue weighted by atomic mass is 10.00. The van der Waals surface area contributed by atoms with E-state index < -0.39 is 11.9 Å². The molecule has 150 valence electrons. The second-order valence-corrected chi connectivity index (χ2v) is 6.26. The van der Waals surface area contributed by atoms with Gasteiger partial charge in [-0.15, -0.1) is 0 Å². The van der Waals surface area contributed by atoms with Crippen LogP contribution in [0.1, 0.15) is 24.8 Å². The van der Waals surface area contributed by atoms with Crippen LogP contribution in [-0.4, -0.2) is 42.9 Å². The summed E-state index contributed by atoms with van der Waals surface area (Å²) in [6.45, 7) is 0.309. The number of hydrogen-bond donors (Lipinski definition) is 3. The maximum atomic E-state index is 10.7. The Bertz CT molecular complexity index is 764. The predicted octanol–water partition coefficient (Wildman–Crippen LogP) is 3.66. The van der Waals surface area contributed by atoms with Crippen LogP contribution in [0.25, 0.3) is 11.1 Å². The van der Waals surface area contributed by atoms with Crippen molar-refractivity contribution in [1.29, 1.82) is 0 Å². The Kier molecular flexibility index (Phi) is 7.68. The van der Waals surface area contributed by atoms with E-state index in [-0.39, 0.29) is 12.8 Å². The molecule has 0 heterocycles. The van der Waals surface area contributed by atoms with Crippen molar-refractivity contribution in [2.75, 3.05) is 26.1 Å². The fraction of sp³-hybridized carbons (Fsp3) is 0.333. The second kappa shape index (κ2) is 10.2. The SMILES string of the molecule is COc1cc(-c2ccc(NCCC(=O)O)c(OC)c2)ccc1CCCC(=O)O. The summed E-state index contributed by atoms with van der Waals surface area (Å²) < 4.78 is 10.9. The van der Waals surface area contributed by atoms with Gasteiger partial charge in [-0.2, -0.15) is 0 Å². The fourth-order valence-electron chi connectivity index (χ4n) is 2.88. The van der Waals surface area contributed by atoms with Crippen molar-refractivity contribution in [3.63, 3.8) is 0 Å². The molecule has 0 aliphatic rings. The number of nitrogens with one attached hydrogen (secondary N) is 1. The van der Waals surface area contributed by atoms with Gasteiger partial charge >= 0.3 is 11.9 Å². The molecule has 0 aromatic heterocycles. The van der Waals surface area contributed by atoms with E-state index in [2.05, 4.69) is 5.32 Å². The standard InChI is InChI=1S/C21H25NO6/c1-27-18-12-15(7-6-14(18)4-3-5-20(23)24)16-8-9-17(19(13-16)28-2)22-11-10-21(25)26/h6-9,12-13,22H,3-5,10-11H2,1-2H3,(H,23,24)(H,25,26). The Hall–Kier alpha value is -3.22. The topological polar surface area (TPSA) is 105 Å². The molecule has 0 fully saturated rings. The van der Waals surface area contributed by atoms with Gasteiger partial charge < -0.3 is 25.0 Å². The highest BCUT2D eigenvalue weighted by atomic mass is 16.5. The molecule has 2 aromatic carbocycles. The summed E-state index contributed by atoms with van der Waals surface area (Å²) in [6, 6.07) is 11.5. The summed E-state index contributed by atoms with van der Waals surface area (Å²) in [5.41, 5.74) is 3.56. The molecule has 0 radical (unpaired) electrons. The van der Waals surface area contributed by atoms with E-state index in [1.165, 1.54) is 0 Å². The van der Waals surface area contributed by atoms with Gasteiger partial charge in [0.2, 0.25) is 0 Å². The first kappa shape index (κ1) is 21.1. The molecule has 0 aliphatic carbocycles. The molecule has 7 nitrogen and oxygen atoms in total. The molecule has 3 N–H and O–H groups in total. The Morgan fingerprint density at radius 1 is 0.893 bits per heavy atom. The minimum absolute atomic E-state index is 0.0193. The van der Waals surface area contributed by atoms with Crippen LogP contribution in [0.4, 0.5) is 5.69 Å². The van der Waals surface area contributed by atoms with Crippen LogP contribution in [0.2, 0.25) is 0 Å². The summed E-state index contributed by atoms with van der Waals surface area (Å²) in [6.07, 6.45) is 1.32. The first-order chi connectivity index (χ1) is 13.4.